The van der Waals surface area contributed by atoms with Crippen molar-refractivity contribution >= 4 is 6.34 Å². The zero-order chi connectivity index (χ0) is 19.8. The van der Waals surface area contributed by atoms with Gasteiger partial charge in [-0.2, -0.15) is 0 Å². The molecule has 1 aromatic rings. The minimum absolute atomic E-state index is 0.142. The molecule has 0 saturated heterocycles. The van der Waals surface area contributed by atoms with Crippen LogP contribution in [0.2, 0.25) is 0 Å². The van der Waals surface area contributed by atoms with Gasteiger partial charge in [0.05, 0.1) is 6.34 Å². The summed E-state index contributed by atoms with van der Waals surface area (Å²) < 4.78 is 26.8. The molecule has 6 nitrogen and oxygen atoms in total. The molecule has 0 bridgehead atoms. The first kappa shape index (κ1) is 20.9. The smallest absolute Gasteiger partial charge is 0.126 e. The summed E-state index contributed by atoms with van der Waals surface area (Å²) in [7, 11) is 3.54. The van der Waals surface area contributed by atoms with Crippen molar-refractivity contribution in [2.75, 3.05) is 14.1 Å². The summed E-state index contributed by atoms with van der Waals surface area (Å²) in [6.45, 7) is 1.98. The second-order valence-corrected chi connectivity index (χ2v) is 6.66. The molecule has 1 fully saturated rings. The van der Waals surface area contributed by atoms with Crippen LogP contribution in [-0.2, 0) is 6.42 Å². The lowest BCUT2D eigenvalue weighted by atomic mass is 10.1. The maximum Gasteiger partial charge on any atom is 0.126 e. The first-order valence-electron chi connectivity index (χ1n) is 8.92. The average molecular weight is 378 g/mol. The fraction of sp³-hybridized carbons (Fsp3) is 0.421. The average Bonchev–Trinajstić information content (AvgIpc) is 3.42. The fourth-order valence-electron chi connectivity index (χ4n) is 2.59. The second-order valence-electron chi connectivity index (χ2n) is 6.66. The van der Waals surface area contributed by atoms with E-state index in [4.69, 9.17) is 5.41 Å². The normalized spacial score (nSPS) is 16.0. The van der Waals surface area contributed by atoms with Gasteiger partial charge in [0.25, 0.3) is 0 Å². The van der Waals surface area contributed by atoms with Gasteiger partial charge in [-0.25, -0.2) is 14.2 Å². The highest BCUT2D eigenvalue weighted by Gasteiger charge is 2.25. The Morgan fingerprint density at radius 1 is 1.30 bits per heavy atom. The number of hydrogen-bond acceptors (Lipinski definition) is 5. The van der Waals surface area contributed by atoms with Gasteiger partial charge in [0.1, 0.15) is 23.6 Å². The van der Waals surface area contributed by atoms with Crippen LogP contribution < -0.4 is 21.5 Å². The number of allylic oxidation sites excluding steroid dienone is 1. The van der Waals surface area contributed by atoms with Crippen LogP contribution in [0.4, 0.5) is 8.78 Å². The van der Waals surface area contributed by atoms with E-state index in [-0.39, 0.29) is 6.17 Å². The maximum absolute atomic E-state index is 13.4. The standard InChI is InChI=1S/C19H28F2N6/c1-13(11-27(3)12-22)19(24-17-5-6-17)25-18(26-23-2)7-4-14-8-15(20)10-16(21)9-14/h7-12,17,19,22-26H,4-6H2,1-3H3/b13-11+,18-7-,22-12?. The molecule has 0 amide bonds. The van der Waals surface area contributed by atoms with Crippen molar-refractivity contribution in [3.63, 3.8) is 0 Å². The molecule has 5 N–H and O–H groups in total. The summed E-state index contributed by atoms with van der Waals surface area (Å²) in [5, 5.41) is 14.2. The lowest BCUT2D eigenvalue weighted by Crippen LogP contribution is -2.48. The Morgan fingerprint density at radius 3 is 2.52 bits per heavy atom. The van der Waals surface area contributed by atoms with E-state index in [0.29, 0.717) is 23.8 Å². The molecular formula is C19H28F2N6. The molecule has 0 radical (unpaired) electrons. The highest BCUT2D eigenvalue weighted by atomic mass is 19.1. The van der Waals surface area contributed by atoms with Crippen molar-refractivity contribution in [1.29, 1.82) is 5.41 Å². The molecule has 1 unspecified atom stereocenters. The highest BCUT2D eigenvalue weighted by molar-refractivity contribution is 5.52. The Kier molecular flexibility index (Phi) is 7.75. The molecule has 0 aromatic heterocycles. The summed E-state index contributed by atoms with van der Waals surface area (Å²) in [4.78, 5) is 1.67. The molecule has 1 aliphatic carbocycles. The molecule has 0 aliphatic heterocycles. The molecule has 1 saturated carbocycles. The lowest BCUT2D eigenvalue weighted by molar-refractivity contribution is 0.471. The van der Waals surface area contributed by atoms with Crippen LogP contribution in [0, 0.1) is 17.0 Å². The van der Waals surface area contributed by atoms with Crippen LogP contribution in [0.15, 0.2) is 41.9 Å². The molecule has 1 aromatic carbocycles. The van der Waals surface area contributed by atoms with Gasteiger partial charge in [0, 0.05) is 32.4 Å². The van der Waals surface area contributed by atoms with E-state index in [1.807, 2.05) is 19.2 Å². The van der Waals surface area contributed by atoms with Crippen LogP contribution in [-0.4, -0.2) is 37.5 Å². The summed E-state index contributed by atoms with van der Waals surface area (Å²) in [5.74, 6) is -0.488. The van der Waals surface area contributed by atoms with E-state index < -0.39 is 11.6 Å². The Morgan fingerprint density at radius 2 is 1.96 bits per heavy atom. The Hall–Kier alpha value is -2.45. The van der Waals surface area contributed by atoms with Gasteiger partial charge in [0.15, 0.2) is 0 Å². The van der Waals surface area contributed by atoms with Crippen molar-refractivity contribution in [3.05, 3.63) is 59.1 Å². The van der Waals surface area contributed by atoms with Crippen LogP contribution in [0.5, 0.6) is 0 Å². The SMILES string of the molecule is CNN/C(=C\Cc1cc(F)cc(F)c1)NC(NC1CC1)/C(C)=C/N(C)C=N. The van der Waals surface area contributed by atoms with Crippen LogP contribution >= 0.6 is 0 Å². The first-order chi connectivity index (χ1) is 12.9. The van der Waals surface area contributed by atoms with E-state index in [9.17, 15) is 8.78 Å². The second kappa shape index (κ2) is 10.0. The largest absolute Gasteiger partial charge is 0.352 e. The summed E-state index contributed by atoms with van der Waals surface area (Å²) in [6.07, 6.45) is 7.43. The van der Waals surface area contributed by atoms with Crippen molar-refractivity contribution in [2.45, 2.75) is 38.4 Å². The molecule has 1 atom stereocenters. The van der Waals surface area contributed by atoms with E-state index >= 15 is 0 Å². The number of hydrazine groups is 1. The van der Waals surface area contributed by atoms with Gasteiger partial charge >= 0.3 is 0 Å². The molecular weight excluding hydrogens is 350 g/mol. The molecule has 0 heterocycles. The predicted octanol–water partition coefficient (Wildman–Crippen LogP) is 2.18. The number of rotatable bonds is 11. The number of hydrogen-bond donors (Lipinski definition) is 5. The topological polar surface area (TPSA) is 75.2 Å². The third-order valence-corrected chi connectivity index (χ3v) is 4.07. The molecule has 1 aliphatic rings. The highest BCUT2D eigenvalue weighted by Crippen LogP contribution is 2.20. The third kappa shape index (κ3) is 7.36. The Balaban J connectivity index is 2.13. The third-order valence-electron chi connectivity index (χ3n) is 4.07. The quantitative estimate of drug-likeness (QED) is 0.177. The van der Waals surface area contributed by atoms with E-state index in [1.54, 1.807) is 19.0 Å². The summed E-state index contributed by atoms with van der Waals surface area (Å²) in [5.41, 5.74) is 7.44. The van der Waals surface area contributed by atoms with Gasteiger partial charge in [-0.15, -0.1) is 0 Å². The van der Waals surface area contributed by atoms with Gasteiger partial charge in [0.2, 0.25) is 0 Å². The molecule has 2 rings (SSSR count). The molecule has 148 valence electrons. The van der Waals surface area contributed by atoms with Crippen molar-refractivity contribution < 1.29 is 8.78 Å². The van der Waals surface area contributed by atoms with Gasteiger partial charge in [-0.3, -0.25) is 10.7 Å². The predicted molar refractivity (Wildman–Crippen MR) is 104 cm³/mol. The van der Waals surface area contributed by atoms with Gasteiger partial charge in [-0.1, -0.05) is 0 Å². The summed E-state index contributed by atoms with van der Waals surface area (Å²) in [6, 6.07) is 3.97. The maximum atomic E-state index is 13.4. The van der Waals surface area contributed by atoms with Crippen molar-refractivity contribution in [2.24, 2.45) is 0 Å². The minimum Gasteiger partial charge on any atom is -0.352 e. The Labute approximate surface area is 159 Å². The van der Waals surface area contributed by atoms with Crippen molar-refractivity contribution in [3.8, 4) is 0 Å². The molecule has 0 spiro atoms. The molecule has 27 heavy (non-hydrogen) atoms. The zero-order valence-electron chi connectivity index (χ0n) is 15.9. The van der Waals surface area contributed by atoms with Crippen LogP contribution in [0.1, 0.15) is 25.3 Å². The van der Waals surface area contributed by atoms with E-state index in [1.165, 1.54) is 18.5 Å². The fourth-order valence-corrected chi connectivity index (χ4v) is 2.59. The van der Waals surface area contributed by atoms with Crippen molar-refractivity contribution in [1.82, 2.24) is 26.4 Å². The number of halogens is 2. The van der Waals surface area contributed by atoms with E-state index in [0.717, 1.165) is 24.5 Å². The van der Waals surface area contributed by atoms with E-state index in [2.05, 4.69) is 21.5 Å². The lowest BCUT2D eigenvalue weighted by Gasteiger charge is -2.25. The van der Waals surface area contributed by atoms with Crippen LogP contribution in [0.25, 0.3) is 0 Å². The van der Waals surface area contributed by atoms with Gasteiger partial charge in [-0.05, 0) is 55.5 Å². The zero-order valence-corrected chi connectivity index (χ0v) is 15.9. The monoisotopic (exact) mass is 378 g/mol. The Bertz CT molecular complexity index is 679. The summed E-state index contributed by atoms with van der Waals surface area (Å²) >= 11 is 0. The molecule has 8 heteroatoms. The minimum atomic E-state index is -0.587. The number of benzene rings is 1. The number of nitrogens with zero attached hydrogens (tertiary/aromatic N) is 1. The first-order valence-corrected chi connectivity index (χ1v) is 8.92. The van der Waals surface area contributed by atoms with Crippen LogP contribution in [0.3, 0.4) is 0 Å². The van der Waals surface area contributed by atoms with Gasteiger partial charge < -0.3 is 15.6 Å². The number of nitrogens with one attached hydrogen (secondary N) is 5.